The van der Waals surface area contributed by atoms with Crippen molar-refractivity contribution in [3.05, 3.63) is 57.8 Å². The Morgan fingerprint density at radius 3 is 2.31 bits per heavy atom. The summed E-state index contributed by atoms with van der Waals surface area (Å²) in [7, 11) is 0. The average Bonchev–Trinajstić information content (AvgIpc) is 3.25. The van der Waals surface area contributed by atoms with Gasteiger partial charge < -0.3 is 5.32 Å². The van der Waals surface area contributed by atoms with Crippen LogP contribution in [0.4, 0.5) is 0 Å². The number of carbonyl (C=O) groups excluding carboxylic acids is 3. The van der Waals surface area contributed by atoms with Gasteiger partial charge in [0.1, 0.15) is 0 Å². The molecule has 1 N–H and O–H groups in total. The highest BCUT2D eigenvalue weighted by Gasteiger charge is 2.28. The molecule has 26 heavy (non-hydrogen) atoms. The fourth-order valence-corrected chi connectivity index (χ4v) is 3.95. The van der Waals surface area contributed by atoms with Gasteiger partial charge in [0.2, 0.25) is 11.8 Å². The minimum atomic E-state index is -0.132. The van der Waals surface area contributed by atoms with E-state index in [-0.39, 0.29) is 36.2 Å². The second-order valence-electron chi connectivity index (χ2n) is 6.78. The first-order valence-corrected chi connectivity index (χ1v) is 9.60. The second-order valence-corrected chi connectivity index (χ2v) is 7.76. The van der Waals surface area contributed by atoms with Gasteiger partial charge in [-0.2, -0.15) is 0 Å². The number of carbonyl (C=O) groups is 3. The molecular weight excluding hydrogens is 348 g/mol. The van der Waals surface area contributed by atoms with Gasteiger partial charge in [-0.3, -0.25) is 19.3 Å². The molecule has 0 aliphatic carbocycles. The molecule has 1 aliphatic rings. The Balaban J connectivity index is 1.67. The Morgan fingerprint density at radius 1 is 1.12 bits per heavy atom. The number of nitrogens with zero attached hydrogens (tertiary/aromatic N) is 1. The van der Waals surface area contributed by atoms with Crippen LogP contribution in [0.5, 0.6) is 0 Å². The van der Waals surface area contributed by atoms with Gasteiger partial charge in [0.05, 0.1) is 12.6 Å². The number of nitrogens with one attached hydrogen (secondary N) is 1. The molecule has 5 nitrogen and oxygen atoms in total. The molecular formula is C20H22N2O3S. The van der Waals surface area contributed by atoms with Crippen LogP contribution >= 0.6 is 11.3 Å². The van der Waals surface area contributed by atoms with Gasteiger partial charge in [-0.1, -0.05) is 32.0 Å². The van der Waals surface area contributed by atoms with Gasteiger partial charge >= 0.3 is 0 Å². The van der Waals surface area contributed by atoms with Crippen molar-refractivity contribution in [2.75, 3.05) is 0 Å². The Morgan fingerprint density at radius 2 is 1.77 bits per heavy atom. The monoisotopic (exact) mass is 370 g/mol. The van der Waals surface area contributed by atoms with Crippen molar-refractivity contribution < 1.29 is 14.4 Å². The van der Waals surface area contributed by atoms with Gasteiger partial charge in [-0.15, -0.1) is 11.3 Å². The number of likely N-dealkylation sites (tertiary alicyclic amines) is 1. The number of hydrogen-bond acceptors (Lipinski definition) is 4. The first-order valence-electron chi connectivity index (χ1n) is 8.72. The molecule has 0 radical (unpaired) electrons. The van der Waals surface area contributed by atoms with Crippen LogP contribution < -0.4 is 5.32 Å². The third-order valence-electron chi connectivity index (χ3n) is 4.51. The zero-order valence-electron chi connectivity index (χ0n) is 14.9. The van der Waals surface area contributed by atoms with E-state index in [4.69, 9.17) is 0 Å². The Bertz CT molecular complexity index is 781. The summed E-state index contributed by atoms with van der Waals surface area (Å²) in [5, 5.41) is 5.10. The summed E-state index contributed by atoms with van der Waals surface area (Å²) in [6.45, 7) is 4.43. The summed E-state index contributed by atoms with van der Waals surface area (Å²) in [5.41, 5.74) is 1.40. The predicted octanol–water partition coefficient (Wildman–Crippen LogP) is 3.52. The van der Waals surface area contributed by atoms with Crippen molar-refractivity contribution in [3.8, 4) is 0 Å². The van der Waals surface area contributed by atoms with E-state index in [0.29, 0.717) is 18.4 Å². The number of hydrogen-bond donors (Lipinski definition) is 1. The largest absolute Gasteiger partial charge is 0.344 e. The summed E-state index contributed by atoms with van der Waals surface area (Å²) in [5.74, 6) is -0.110. The molecule has 6 heteroatoms. The predicted molar refractivity (Wildman–Crippen MR) is 101 cm³/mol. The summed E-state index contributed by atoms with van der Waals surface area (Å²) >= 11 is 1.63. The average molecular weight is 370 g/mol. The number of thiophene rings is 1. The number of benzene rings is 1. The highest BCUT2D eigenvalue weighted by Crippen LogP contribution is 2.26. The number of imide groups is 1. The normalized spacial score (nSPS) is 15.6. The lowest BCUT2D eigenvalue weighted by Crippen LogP contribution is -2.31. The van der Waals surface area contributed by atoms with Crippen LogP contribution in [0.2, 0.25) is 0 Å². The van der Waals surface area contributed by atoms with Crippen LogP contribution in [0, 0.1) is 5.92 Å². The number of rotatable bonds is 6. The van der Waals surface area contributed by atoms with Crippen molar-refractivity contribution in [2.24, 2.45) is 5.92 Å². The van der Waals surface area contributed by atoms with E-state index in [9.17, 15) is 14.4 Å². The molecule has 1 atom stereocenters. The Kier molecular flexibility index (Phi) is 5.52. The van der Waals surface area contributed by atoms with Gasteiger partial charge in [0.15, 0.2) is 0 Å². The van der Waals surface area contributed by atoms with E-state index in [1.165, 1.54) is 4.90 Å². The van der Waals surface area contributed by atoms with Crippen LogP contribution in [-0.4, -0.2) is 22.6 Å². The van der Waals surface area contributed by atoms with Crippen molar-refractivity contribution in [2.45, 2.75) is 39.3 Å². The molecule has 0 unspecified atom stereocenters. The summed E-state index contributed by atoms with van der Waals surface area (Å²) < 4.78 is 0. The van der Waals surface area contributed by atoms with Crippen molar-refractivity contribution in [3.63, 3.8) is 0 Å². The van der Waals surface area contributed by atoms with Crippen molar-refractivity contribution >= 4 is 29.1 Å². The topological polar surface area (TPSA) is 66.5 Å². The first-order chi connectivity index (χ1) is 12.5. The third kappa shape index (κ3) is 4.02. The molecule has 1 aromatic carbocycles. The quantitative estimate of drug-likeness (QED) is 0.791. The molecule has 1 aliphatic heterocycles. The molecule has 1 fully saturated rings. The molecule has 0 bridgehead atoms. The lowest BCUT2D eigenvalue weighted by molar-refractivity contribution is -0.139. The molecule has 0 saturated carbocycles. The third-order valence-corrected chi connectivity index (χ3v) is 5.47. The van der Waals surface area contributed by atoms with Crippen LogP contribution in [0.1, 0.15) is 53.5 Å². The first kappa shape index (κ1) is 18.3. The standard InChI is InChI=1S/C20H22N2O3S/c1-13(2)19(16-4-3-11-26-16)21-20(25)15-7-5-14(6-8-15)12-22-17(23)9-10-18(22)24/h3-8,11,13,19H,9-10,12H2,1-2H3,(H,21,25)/t19-/m1/s1. The van der Waals surface area contributed by atoms with E-state index in [1.54, 1.807) is 35.6 Å². The molecule has 2 heterocycles. The zero-order valence-corrected chi connectivity index (χ0v) is 15.7. The smallest absolute Gasteiger partial charge is 0.251 e. The molecule has 1 saturated heterocycles. The maximum atomic E-state index is 12.6. The maximum absolute atomic E-state index is 12.6. The molecule has 2 aromatic rings. The molecule has 3 amide bonds. The summed E-state index contributed by atoms with van der Waals surface area (Å²) in [6, 6.07) is 11.1. The fourth-order valence-electron chi connectivity index (χ4n) is 3.00. The maximum Gasteiger partial charge on any atom is 0.251 e. The van der Waals surface area contributed by atoms with E-state index in [1.807, 2.05) is 17.5 Å². The van der Waals surface area contributed by atoms with E-state index in [2.05, 4.69) is 19.2 Å². The van der Waals surface area contributed by atoms with Crippen LogP contribution in [0.3, 0.4) is 0 Å². The fraction of sp³-hybridized carbons (Fsp3) is 0.350. The van der Waals surface area contributed by atoms with Crippen molar-refractivity contribution in [1.29, 1.82) is 0 Å². The van der Waals surface area contributed by atoms with Gasteiger partial charge in [-0.05, 0) is 35.1 Å². The van der Waals surface area contributed by atoms with E-state index >= 15 is 0 Å². The van der Waals surface area contributed by atoms with E-state index in [0.717, 1.165) is 10.4 Å². The molecule has 1 aromatic heterocycles. The van der Waals surface area contributed by atoms with Gasteiger partial charge in [0, 0.05) is 23.3 Å². The van der Waals surface area contributed by atoms with E-state index < -0.39 is 0 Å². The zero-order chi connectivity index (χ0) is 18.7. The molecule has 3 rings (SSSR count). The SMILES string of the molecule is CC(C)[C@@H](NC(=O)c1ccc(CN2C(=O)CCC2=O)cc1)c1cccs1. The minimum absolute atomic E-state index is 0.0259. The van der Waals surface area contributed by atoms with Crippen LogP contribution in [-0.2, 0) is 16.1 Å². The number of amides is 3. The Labute approximate surface area is 157 Å². The second kappa shape index (κ2) is 7.83. The molecule has 0 spiro atoms. The highest BCUT2D eigenvalue weighted by atomic mass is 32.1. The van der Waals surface area contributed by atoms with Crippen molar-refractivity contribution in [1.82, 2.24) is 10.2 Å². The van der Waals surface area contributed by atoms with Crippen LogP contribution in [0.15, 0.2) is 41.8 Å². The lowest BCUT2D eigenvalue weighted by atomic mass is 10.0. The lowest BCUT2D eigenvalue weighted by Gasteiger charge is -2.21. The minimum Gasteiger partial charge on any atom is -0.344 e. The van der Waals surface area contributed by atoms with Crippen LogP contribution in [0.25, 0.3) is 0 Å². The van der Waals surface area contributed by atoms with Gasteiger partial charge in [0.25, 0.3) is 5.91 Å². The summed E-state index contributed by atoms with van der Waals surface area (Å²) in [4.78, 5) is 38.4. The highest BCUT2D eigenvalue weighted by molar-refractivity contribution is 7.10. The summed E-state index contributed by atoms with van der Waals surface area (Å²) in [6.07, 6.45) is 0.581. The molecule has 136 valence electrons. The Hall–Kier alpha value is -2.47. The van der Waals surface area contributed by atoms with Gasteiger partial charge in [-0.25, -0.2) is 0 Å².